The number of amides is 2. The van der Waals surface area contributed by atoms with E-state index in [1.54, 1.807) is 19.1 Å². The molecule has 1 unspecified atom stereocenters. The van der Waals surface area contributed by atoms with Gasteiger partial charge in [0.05, 0.1) is 6.42 Å². The van der Waals surface area contributed by atoms with E-state index in [1.807, 2.05) is 80.6 Å². The van der Waals surface area contributed by atoms with E-state index in [9.17, 15) is 9.59 Å². The third kappa shape index (κ3) is 4.55. The van der Waals surface area contributed by atoms with Gasteiger partial charge in [-0.15, -0.1) is 0 Å². The molecule has 0 radical (unpaired) electrons. The smallest absolute Gasteiger partial charge is 0.281 e. The summed E-state index contributed by atoms with van der Waals surface area (Å²) in [5.74, 6) is 0.984. The molecular formula is C29H25N3O4. The van der Waals surface area contributed by atoms with Crippen molar-refractivity contribution in [2.75, 3.05) is 0 Å². The van der Waals surface area contributed by atoms with Gasteiger partial charge in [-0.1, -0.05) is 48.5 Å². The number of nitrogens with zero attached hydrogens (tertiary/aromatic N) is 3. The number of oxazole rings is 1. The number of hydrogen-bond acceptors (Lipinski definition) is 6. The van der Waals surface area contributed by atoms with Crippen LogP contribution in [0, 0.1) is 6.92 Å². The van der Waals surface area contributed by atoms with Gasteiger partial charge in [0.25, 0.3) is 11.8 Å². The molecule has 1 aliphatic rings. The van der Waals surface area contributed by atoms with Gasteiger partial charge in [-0.05, 0) is 62.2 Å². The number of aryl methyl sites for hydroxylation is 1. The molecule has 5 rings (SSSR count). The number of benzene rings is 3. The van der Waals surface area contributed by atoms with Gasteiger partial charge in [0.15, 0.2) is 0 Å². The van der Waals surface area contributed by atoms with Crippen molar-refractivity contribution in [3.8, 4) is 28.3 Å². The molecule has 0 bridgehead atoms. The summed E-state index contributed by atoms with van der Waals surface area (Å²) in [6, 6.07) is 24.4. The molecular weight excluding hydrogens is 454 g/mol. The zero-order chi connectivity index (χ0) is 25.2. The summed E-state index contributed by atoms with van der Waals surface area (Å²) < 4.78 is 12.1. The SMILES string of the molecule is CC1=NN(C(=O)c2ccc(OC(C)c3nc(-c4ccccc4)oc3C)cc2-c2ccccc2)C(=O)C1. The first-order valence-corrected chi connectivity index (χ1v) is 11.7. The van der Waals surface area contributed by atoms with Crippen LogP contribution in [0.1, 0.15) is 48.2 Å². The fourth-order valence-corrected chi connectivity index (χ4v) is 4.22. The predicted octanol–water partition coefficient (Wildman–Crippen LogP) is 6.21. The van der Waals surface area contributed by atoms with E-state index in [4.69, 9.17) is 9.15 Å². The summed E-state index contributed by atoms with van der Waals surface area (Å²) in [5, 5.41) is 5.08. The summed E-state index contributed by atoms with van der Waals surface area (Å²) in [6.07, 6.45) is -0.253. The van der Waals surface area contributed by atoms with Gasteiger partial charge in [-0.3, -0.25) is 9.59 Å². The minimum Gasteiger partial charge on any atom is -0.484 e. The maximum Gasteiger partial charge on any atom is 0.281 e. The molecule has 7 nitrogen and oxygen atoms in total. The standard InChI is InChI=1S/C29H25N3O4/c1-18-16-26(33)32(31-18)29(34)24-15-14-23(17-25(24)21-10-6-4-7-11-21)35-19(2)27-20(3)36-28(30-27)22-12-8-5-9-13-22/h4-15,17,19H,16H2,1-3H3. The molecule has 1 aliphatic heterocycles. The quantitative estimate of drug-likeness (QED) is 0.307. The van der Waals surface area contributed by atoms with Gasteiger partial charge in [-0.25, -0.2) is 4.98 Å². The van der Waals surface area contributed by atoms with Crippen molar-refractivity contribution in [3.63, 3.8) is 0 Å². The molecule has 7 heteroatoms. The fraction of sp³-hybridized carbons (Fsp3) is 0.172. The zero-order valence-electron chi connectivity index (χ0n) is 20.3. The summed E-state index contributed by atoms with van der Waals surface area (Å²) in [4.78, 5) is 30.2. The highest BCUT2D eigenvalue weighted by atomic mass is 16.5. The van der Waals surface area contributed by atoms with Gasteiger partial charge in [0.1, 0.15) is 23.3 Å². The molecule has 4 aromatic rings. The Labute approximate surface area is 209 Å². The molecule has 2 amide bonds. The molecule has 0 aliphatic carbocycles. The topological polar surface area (TPSA) is 85.0 Å². The summed E-state index contributed by atoms with van der Waals surface area (Å²) in [6.45, 7) is 5.50. The van der Waals surface area contributed by atoms with Crippen LogP contribution in [-0.2, 0) is 4.79 Å². The summed E-state index contributed by atoms with van der Waals surface area (Å²) in [7, 11) is 0. The van der Waals surface area contributed by atoms with Gasteiger partial charge >= 0.3 is 0 Å². The second-order valence-corrected chi connectivity index (χ2v) is 8.68. The van der Waals surface area contributed by atoms with Crippen LogP contribution >= 0.6 is 0 Å². The van der Waals surface area contributed by atoms with E-state index in [-0.39, 0.29) is 12.3 Å². The van der Waals surface area contributed by atoms with Crippen molar-refractivity contribution in [2.24, 2.45) is 5.10 Å². The van der Waals surface area contributed by atoms with Crippen molar-refractivity contribution in [1.82, 2.24) is 9.99 Å². The monoisotopic (exact) mass is 479 g/mol. The second kappa shape index (κ2) is 9.62. The number of carbonyl (C=O) groups excluding carboxylic acids is 2. The third-order valence-corrected chi connectivity index (χ3v) is 5.96. The molecule has 0 fully saturated rings. The number of hydrazone groups is 1. The van der Waals surface area contributed by atoms with Crippen LogP contribution < -0.4 is 4.74 Å². The fourth-order valence-electron chi connectivity index (χ4n) is 4.22. The predicted molar refractivity (Wildman–Crippen MR) is 136 cm³/mol. The van der Waals surface area contributed by atoms with Crippen LogP contribution in [-0.4, -0.2) is 27.5 Å². The van der Waals surface area contributed by atoms with Crippen molar-refractivity contribution in [3.05, 3.63) is 95.9 Å². The molecule has 0 saturated heterocycles. The minimum atomic E-state index is -0.463. The Morgan fingerprint density at radius 3 is 2.28 bits per heavy atom. The van der Waals surface area contributed by atoms with E-state index in [2.05, 4.69) is 10.1 Å². The lowest BCUT2D eigenvalue weighted by atomic mass is 9.98. The van der Waals surface area contributed by atoms with Crippen LogP contribution in [0.4, 0.5) is 0 Å². The Morgan fingerprint density at radius 2 is 1.64 bits per heavy atom. The Hall–Kier alpha value is -4.52. The molecule has 180 valence electrons. The highest BCUT2D eigenvalue weighted by Gasteiger charge is 2.30. The van der Waals surface area contributed by atoms with E-state index < -0.39 is 12.0 Å². The van der Waals surface area contributed by atoms with Crippen molar-refractivity contribution >= 4 is 17.5 Å². The minimum absolute atomic E-state index is 0.146. The van der Waals surface area contributed by atoms with Crippen LogP contribution in [0.3, 0.4) is 0 Å². The number of carbonyl (C=O) groups is 2. The van der Waals surface area contributed by atoms with Gasteiger partial charge < -0.3 is 9.15 Å². The first kappa shape index (κ1) is 23.2. The number of ether oxygens (including phenoxy) is 1. The lowest BCUT2D eigenvalue weighted by molar-refractivity contribution is -0.126. The van der Waals surface area contributed by atoms with Crippen LogP contribution in [0.2, 0.25) is 0 Å². The molecule has 3 aromatic carbocycles. The van der Waals surface area contributed by atoms with E-state index in [0.717, 1.165) is 16.1 Å². The summed E-state index contributed by atoms with van der Waals surface area (Å²) >= 11 is 0. The van der Waals surface area contributed by atoms with E-state index >= 15 is 0 Å². The Balaban J connectivity index is 1.46. The Morgan fingerprint density at radius 1 is 0.972 bits per heavy atom. The second-order valence-electron chi connectivity index (χ2n) is 8.68. The molecule has 0 N–H and O–H groups in total. The van der Waals surface area contributed by atoms with E-state index in [1.165, 1.54) is 0 Å². The first-order valence-electron chi connectivity index (χ1n) is 11.7. The molecule has 2 heterocycles. The normalized spacial score (nSPS) is 14.0. The van der Waals surface area contributed by atoms with Gasteiger partial charge in [0, 0.05) is 16.8 Å². The highest BCUT2D eigenvalue weighted by Crippen LogP contribution is 2.33. The Bertz CT molecular complexity index is 1460. The molecule has 0 saturated carbocycles. The van der Waals surface area contributed by atoms with Crippen LogP contribution in [0.15, 0.2) is 88.4 Å². The maximum atomic E-state index is 13.3. The van der Waals surface area contributed by atoms with E-state index in [0.29, 0.717) is 39.9 Å². The average molecular weight is 480 g/mol. The Kier molecular flexibility index (Phi) is 6.21. The lowest BCUT2D eigenvalue weighted by Crippen LogP contribution is -2.28. The molecule has 1 atom stereocenters. The number of rotatable bonds is 6. The van der Waals surface area contributed by atoms with Crippen LogP contribution in [0.5, 0.6) is 5.75 Å². The average Bonchev–Trinajstić information content (AvgIpc) is 3.45. The largest absolute Gasteiger partial charge is 0.484 e. The first-order chi connectivity index (χ1) is 17.4. The highest BCUT2D eigenvalue weighted by molar-refractivity contribution is 6.15. The van der Waals surface area contributed by atoms with Crippen LogP contribution in [0.25, 0.3) is 22.6 Å². The van der Waals surface area contributed by atoms with Crippen molar-refractivity contribution in [1.29, 1.82) is 0 Å². The van der Waals surface area contributed by atoms with Gasteiger partial charge in [0.2, 0.25) is 5.89 Å². The van der Waals surface area contributed by atoms with Crippen molar-refractivity contribution < 1.29 is 18.7 Å². The zero-order valence-corrected chi connectivity index (χ0v) is 20.3. The lowest BCUT2D eigenvalue weighted by Gasteiger charge is -2.17. The maximum absolute atomic E-state index is 13.3. The molecule has 1 aromatic heterocycles. The number of imide groups is 1. The number of hydrogen-bond donors (Lipinski definition) is 0. The van der Waals surface area contributed by atoms with Gasteiger partial charge in [-0.2, -0.15) is 10.1 Å². The number of aromatic nitrogens is 1. The molecule has 0 spiro atoms. The third-order valence-electron chi connectivity index (χ3n) is 5.96. The van der Waals surface area contributed by atoms with Crippen molar-refractivity contribution in [2.45, 2.75) is 33.3 Å². The molecule has 36 heavy (non-hydrogen) atoms. The summed E-state index contributed by atoms with van der Waals surface area (Å²) in [5.41, 5.74) is 4.05.